The van der Waals surface area contributed by atoms with E-state index in [4.69, 9.17) is 5.73 Å². The van der Waals surface area contributed by atoms with E-state index in [0.717, 1.165) is 17.7 Å². The molecule has 2 rings (SSSR count). The first-order valence-corrected chi connectivity index (χ1v) is 9.80. The average Bonchev–Trinajstić information content (AvgIpc) is 2.63. The number of sulfone groups is 1. The van der Waals surface area contributed by atoms with E-state index in [2.05, 4.69) is 10.6 Å². The lowest BCUT2D eigenvalue weighted by Crippen LogP contribution is -2.21. The molecule has 0 aliphatic heterocycles. The molecule has 1 atom stereocenters. The summed E-state index contributed by atoms with van der Waals surface area (Å²) in [5, 5.41) is 5.50. The summed E-state index contributed by atoms with van der Waals surface area (Å²) < 4.78 is 49.0. The normalized spacial score (nSPS) is 12.6. The van der Waals surface area contributed by atoms with Crippen LogP contribution in [-0.4, -0.2) is 26.6 Å². The number of anilines is 2. The van der Waals surface area contributed by atoms with Crippen LogP contribution < -0.4 is 16.4 Å². The molecule has 0 heterocycles. The van der Waals surface area contributed by atoms with Gasteiger partial charge in [-0.3, -0.25) is 4.79 Å². The van der Waals surface area contributed by atoms with Gasteiger partial charge in [0.1, 0.15) is 0 Å². The molecule has 27 heavy (non-hydrogen) atoms. The molecule has 0 fully saturated rings. The van der Waals surface area contributed by atoms with E-state index >= 15 is 0 Å². The molecule has 0 aliphatic rings. The Morgan fingerprint density at radius 3 is 2.37 bits per heavy atom. The van der Waals surface area contributed by atoms with Gasteiger partial charge in [-0.15, -0.1) is 0 Å². The minimum absolute atomic E-state index is 0.0542. The highest BCUT2D eigenvalue weighted by molar-refractivity contribution is 7.91. The Morgan fingerprint density at radius 1 is 1.11 bits per heavy atom. The summed E-state index contributed by atoms with van der Waals surface area (Å²) in [6.07, 6.45) is -0.0542. The molecule has 0 radical (unpaired) electrons. The first-order valence-electron chi connectivity index (χ1n) is 8.26. The molecule has 0 saturated heterocycles. The number of halogens is 2. The molecule has 0 aromatic heterocycles. The van der Waals surface area contributed by atoms with Crippen molar-refractivity contribution in [1.29, 1.82) is 0 Å². The molecular formula is C18H21F2N3O3S. The van der Waals surface area contributed by atoms with E-state index in [1.54, 1.807) is 31.2 Å². The summed E-state index contributed by atoms with van der Waals surface area (Å²) in [7, 11) is -4.77. The number of benzene rings is 2. The van der Waals surface area contributed by atoms with Crippen molar-refractivity contribution < 1.29 is 22.0 Å². The smallest absolute Gasteiger partial charge is 0.341 e. The molecule has 2 aromatic rings. The maximum absolute atomic E-state index is 12.8. The maximum Gasteiger partial charge on any atom is 0.341 e. The summed E-state index contributed by atoms with van der Waals surface area (Å²) in [5.41, 5.74) is 7.31. The van der Waals surface area contributed by atoms with Gasteiger partial charge in [0.2, 0.25) is 15.7 Å². The third-order valence-corrected chi connectivity index (χ3v) is 5.21. The van der Waals surface area contributed by atoms with Crippen LogP contribution >= 0.6 is 0 Å². The van der Waals surface area contributed by atoms with E-state index in [1.165, 1.54) is 6.07 Å². The molecule has 0 bridgehead atoms. The first kappa shape index (κ1) is 20.8. The Balaban J connectivity index is 2.23. The van der Waals surface area contributed by atoms with E-state index in [9.17, 15) is 22.0 Å². The zero-order valence-electron chi connectivity index (χ0n) is 14.7. The number of carbonyl (C=O) groups is 1. The Morgan fingerprint density at radius 2 is 1.78 bits per heavy atom. The fraction of sp³-hybridized carbons (Fsp3) is 0.278. The molecular weight excluding hydrogens is 376 g/mol. The summed E-state index contributed by atoms with van der Waals surface area (Å²) in [4.78, 5) is 11.8. The number of rotatable bonds is 8. The van der Waals surface area contributed by atoms with Crippen LogP contribution in [0.3, 0.4) is 0 Å². The van der Waals surface area contributed by atoms with Gasteiger partial charge in [-0.2, -0.15) is 8.78 Å². The van der Waals surface area contributed by atoms with Crippen LogP contribution in [0.2, 0.25) is 0 Å². The van der Waals surface area contributed by atoms with Gasteiger partial charge >= 0.3 is 5.76 Å². The van der Waals surface area contributed by atoms with Crippen LogP contribution in [0, 0.1) is 0 Å². The van der Waals surface area contributed by atoms with Gasteiger partial charge in [-0.25, -0.2) is 8.42 Å². The van der Waals surface area contributed by atoms with Gasteiger partial charge in [0, 0.05) is 19.0 Å². The van der Waals surface area contributed by atoms with E-state index in [-0.39, 0.29) is 12.1 Å². The number of carbonyl (C=O) groups excluding carboxylic acids is 1. The van der Waals surface area contributed by atoms with Crippen molar-refractivity contribution in [2.24, 2.45) is 5.73 Å². The third kappa shape index (κ3) is 5.24. The van der Waals surface area contributed by atoms with Gasteiger partial charge in [0.05, 0.1) is 16.3 Å². The predicted octanol–water partition coefficient (Wildman–Crippen LogP) is 3.14. The van der Waals surface area contributed by atoms with Gasteiger partial charge < -0.3 is 16.4 Å². The van der Waals surface area contributed by atoms with Gasteiger partial charge in [-0.1, -0.05) is 30.3 Å². The Labute approximate surface area is 156 Å². The van der Waals surface area contributed by atoms with Crippen molar-refractivity contribution in [3.05, 3.63) is 54.1 Å². The fourth-order valence-electron chi connectivity index (χ4n) is 2.47. The molecule has 1 amide bonds. The molecule has 1 unspecified atom stereocenters. The lowest BCUT2D eigenvalue weighted by Gasteiger charge is -2.16. The van der Waals surface area contributed by atoms with Crippen LogP contribution in [0.15, 0.2) is 53.4 Å². The average molecular weight is 397 g/mol. The topological polar surface area (TPSA) is 101 Å². The second-order valence-corrected chi connectivity index (χ2v) is 7.73. The van der Waals surface area contributed by atoms with Crippen LogP contribution in [0.25, 0.3) is 0 Å². The molecule has 0 saturated carbocycles. The lowest BCUT2D eigenvalue weighted by molar-refractivity contribution is -0.116. The van der Waals surface area contributed by atoms with Gasteiger partial charge in [-0.05, 0) is 30.7 Å². The lowest BCUT2D eigenvalue weighted by atomic mass is 10.0. The first-order chi connectivity index (χ1) is 12.8. The third-order valence-electron chi connectivity index (χ3n) is 3.83. The largest absolute Gasteiger partial charge is 0.384 e. The zero-order valence-corrected chi connectivity index (χ0v) is 15.5. The number of alkyl halides is 2. The predicted molar refractivity (Wildman–Crippen MR) is 100 cm³/mol. The highest BCUT2D eigenvalue weighted by Gasteiger charge is 2.27. The monoisotopic (exact) mass is 397 g/mol. The number of nitrogens with two attached hydrogens (primary N) is 1. The van der Waals surface area contributed by atoms with E-state index in [1.807, 2.05) is 6.07 Å². The van der Waals surface area contributed by atoms with Gasteiger partial charge in [0.25, 0.3) is 0 Å². The Kier molecular flexibility index (Phi) is 6.86. The van der Waals surface area contributed by atoms with Crippen LogP contribution in [0.4, 0.5) is 20.2 Å². The summed E-state index contributed by atoms with van der Waals surface area (Å²) >= 11 is 0. The van der Waals surface area contributed by atoms with E-state index in [0.29, 0.717) is 12.2 Å². The number of hydrogen-bond donors (Lipinski definition) is 3. The zero-order chi connectivity index (χ0) is 20.0. The highest BCUT2D eigenvalue weighted by Crippen LogP contribution is 2.28. The van der Waals surface area contributed by atoms with Crippen LogP contribution in [0.1, 0.15) is 24.9 Å². The minimum atomic E-state index is -4.77. The van der Waals surface area contributed by atoms with Crippen molar-refractivity contribution in [3.63, 3.8) is 0 Å². The molecule has 0 aliphatic carbocycles. The standard InChI is InChI=1S/C18H21F2N3O3S/c1-2-22-15-9-8-13(27(25,26)18(19)20)10-16(15)23-17(24)11-14(21)12-6-4-3-5-7-12/h3-10,14,18,22H,2,11,21H2,1H3,(H,23,24). The summed E-state index contributed by atoms with van der Waals surface area (Å²) in [6, 6.07) is 11.9. The Hall–Kier alpha value is -2.52. The van der Waals surface area contributed by atoms with E-state index < -0.39 is 32.4 Å². The number of nitrogens with one attached hydrogen (secondary N) is 2. The molecule has 6 nitrogen and oxygen atoms in total. The summed E-state index contributed by atoms with van der Waals surface area (Å²) in [5.74, 6) is -4.00. The van der Waals surface area contributed by atoms with Gasteiger partial charge in [0.15, 0.2) is 0 Å². The van der Waals surface area contributed by atoms with Crippen molar-refractivity contribution in [3.8, 4) is 0 Å². The maximum atomic E-state index is 12.8. The number of hydrogen-bond acceptors (Lipinski definition) is 5. The Bertz CT molecular complexity index is 890. The fourth-order valence-corrected chi connectivity index (χ4v) is 3.22. The quantitative estimate of drug-likeness (QED) is 0.635. The molecule has 0 spiro atoms. The SMILES string of the molecule is CCNc1ccc(S(=O)(=O)C(F)F)cc1NC(=O)CC(N)c1ccccc1. The van der Waals surface area contributed by atoms with Crippen molar-refractivity contribution in [1.82, 2.24) is 0 Å². The van der Waals surface area contributed by atoms with Crippen molar-refractivity contribution in [2.45, 2.75) is 30.0 Å². The highest BCUT2D eigenvalue weighted by atomic mass is 32.2. The number of amides is 1. The second kappa shape index (κ2) is 8.92. The minimum Gasteiger partial charge on any atom is -0.384 e. The molecule has 4 N–H and O–H groups in total. The molecule has 146 valence electrons. The molecule has 2 aromatic carbocycles. The van der Waals surface area contributed by atoms with Crippen molar-refractivity contribution >= 4 is 27.1 Å². The van der Waals surface area contributed by atoms with Crippen LogP contribution in [-0.2, 0) is 14.6 Å². The second-order valence-electron chi connectivity index (χ2n) is 5.81. The van der Waals surface area contributed by atoms with Crippen molar-refractivity contribution in [2.75, 3.05) is 17.2 Å². The molecule has 9 heteroatoms. The van der Waals surface area contributed by atoms with Crippen LogP contribution in [0.5, 0.6) is 0 Å². The summed E-state index contributed by atoms with van der Waals surface area (Å²) in [6.45, 7) is 2.30.